The summed E-state index contributed by atoms with van der Waals surface area (Å²) in [6, 6.07) is 11.7. The van der Waals surface area contributed by atoms with Crippen molar-refractivity contribution in [1.29, 1.82) is 0 Å². The Morgan fingerprint density at radius 3 is 2.62 bits per heavy atom. The van der Waals surface area contributed by atoms with E-state index in [2.05, 4.69) is 4.99 Å². The number of hydrogen-bond acceptors (Lipinski definition) is 10. The van der Waals surface area contributed by atoms with Crippen molar-refractivity contribution in [3.05, 3.63) is 106 Å². The van der Waals surface area contributed by atoms with Crippen molar-refractivity contribution in [2.75, 3.05) is 20.3 Å². The lowest BCUT2D eigenvalue weighted by Crippen LogP contribution is -2.39. The number of thiazole rings is 1. The fraction of sp³-hybridized carbons (Fsp3) is 0.207. The molecule has 11 nitrogen and oxygen atoms in total. The number of nitro benzene ring substituents is 1. The summed E-state index contributed by atoms with van der Waals surface area (Å²) in [7, 11) is 1.26. The van der Waals surface area contributed by atoms with Crippen LogP contribution in [-0.2, 0) is 9.53 Å². The molecule has 0 unspecified atom stereocenters. The fourth-order valence-corrected chi connectivity index (χ4v) is 5.67. The van der Waals surface area contributed by atoms with Gasteiger partial charge >= 0.3 is 5.97 Å². The van der Waals surface area contributed by atoms with Crippen molar-refractivity contribution in [2.45, 2.75) is 19.9 Å². The minimum atomic E-state index is -0.846. The smallest absolute Gasteiger partial charge is 0.337 e. The molecule has 0 saturated heterocycles. The molecular weight excluding hydrogens is 586 g/mol. The maximum absolute atomic E-state index is 13.8. The van der Waals surface area contributed by atoms with Crippen molar-refractivity contribution in [2.24, 2.45) is 4.99 Å². The monoisotopic (exact) mass is 609 g/mol. The van der Waals surface area contributed by atoms with E-state index in [1.54, 1.807) is 36.4 Å². The molecule has 42 heavy (non-hydrogen) atoms. The molecule has 4 aromatic rings. The molecule has 0 saturated carbocycles. The predicted octanol–water partition coefficient (Wildman–Crippen LogP) is 4.64. The maximum atomic E-state index is 13.8. The van der Waals surface area contributed by atoms with Crippen LogP contribution in [0.2, 0.25) is 5.02 Å². The van der Waals surface area contributed by atoms with E-state index in [-0.39, 0.29) is 16.3 Å². The van der Waals surface area contributed by atoms with Crippen LogP contribution in [0.4, 0.5) is 5.69 Å². The molecule has 2 aromatic heterocycles. The molecule has 0 spiro atoms. The Morgan fingerprint density at radius 1 is 1.14 bits per heavy atom. The topological polar surface area (TPSA) is 135 Å². The number of hydrogen-bond donors (Lipinski definition) is 0. The SMILES string of the molecule is CCOc1ccc([C@@H]2C(C(=O)OC)=CN=c3s/c(=C\c4ccc(-c5cc([N+](=O)[O-])ccc5Cl)o4)c(=O)n32)cc1OCC. The number of methoxy groups -OCH3 is 1. The average Bonchev–Trinajstić information content (AvgIpc) is 3.57. The molecule has 1 aliphatic heterocycles. The molecule has 1 aliphatic rings. The van der Waals surface area contributed by atoms with E-state index in [0.29, 0.717) is 56.7 Å². The number of aromatic nitrogens is 1. The Morgan fingerprint density at radius 2 is 1.90 bits per heavy atom. The Labute approximate surface area is 247 Å². The third-order valence-electron chi connectivity index (χ3n) is 6.33. The van der Waals surface area contributed by atoms with E-state index >= 15 is 0 Å². The maximum Gasteiger partial charge on any atom is 0.337 e. The lowest BCUT2D eigenvalue weighted by atomic mass is 9.97. The molecule has 0 fully saturated rings. The molecule has 5 rings (SSSR count). The van der Waals surface area contributed by atoms with Gasteiger partial charge in [0, 0.05) is 30.0 Å². The molecule has 13 heteroatoms. The number of ether oxygens (including phenoxy) is 3. The number of nitro groups is 1. The zero-order chi connectivity index (χ0) is 30.0. The summed E-state index contributed by atoms with van der Waals surface area (Å²) in [6.45, 7) is 4.53. The summed E-state index contributed by atoms with van der Waals surface area (Å²) < 4.78 is 24.1. The summed E-state index contributed by atoms with van der Waals surface area (Å²) in [4.78, 5) is 42.0. The largest absolute Gasteiger partial charge is 0.490 e. The van der Waals surface area contributed by atoms with Gasteiger partial charge in [0.05, 0.1) is 46.4 Å². The van der Waals surface area contributed by atoms with E-state index in [9.17, 15) is 19.7 Å². The van der Waals surface area contributed by atoms with Gasteiger partial charge < -0.3 is 18.6 Å². The molecule has 2 aromatic carbocycles. The van der Waals surface area contributed by atoms with Gasteiger partial charge in [0.1, 0.15) is 11.5 Å². The van der Waals surface area contributed by atoms with E-state index in [1.807, 2.05) is 13.8 Å². The highest BCUT2D eigenvalue weighted by atomic mass is 35.5. The molecular formula is C29H24ClN3O8S. The van der Waals surface area contributed by atoms with Crippen LogP contribution in [0.3, 0.4) is 0 Å². The van der Waals surface area contributed by atoms with Gasteiger partial charge in [-0.25, -0.2) is 9.79 Å². The number of furan rings is 1. The highest BCUT2D eigenvalue weighted by Gasteiger charge is 2.31. The van der Waals surface area contributed by atoms with Crippen LogP contribution >= 0.6 is 22.9 Å². The van der Waals surface area contributed by atoms with Gasteiger partial charge in [-0.1, -0.05) is 29.0 Å². The molecule has 0 N–H and O–H groups in total. The van der Waals surface area contributed by atoms with Crippen molar-refractivity contribution in [1.82, 2.24) is 4.57 Å². The van der Waals surface area contributed by atoms with E-state index < -0.39 is 22.5 Å². The molecule has 3 heterocycles. The number of carbonyl (C=O) groups excluding carboxylic acids is 1. The first-order chi connectivity index (χ1) is 20.2. The Hall–Kier alpha value is -4.68. The summed E-state index contributed by atoms with van der Waals surface area (Å²) in [5.41, 5.74) is 0.570. The number of non-ortho nitro benzene ring substituents is 1. The van der Waals surface area contributed by atoms with Crippen LogP contribution in [0.1, 0.15) is 31.2 Å². The minimum absolute atomic E-state index is 0.135. The summed E-state index contributed by atoms with van der Waals surface area (Å²) in [5.74, 6) is 1.00. The first kappa shape index (κ1) is 28.8. The lowest BCUT2D eigenvalue weighted by Gasteiger charge is -2.23. The summed E-state index contributed by atoms with van der Waals surface area (Å²) >= 11 is 7.38. The zero-order valence-electron chi connectivity index (χ0n) is 22.7. The number of carbonyl (C=O) groups is 1. The first-order valence-electron chi connectivity index (χ1n) is 12.8. The average molecular weight is 610 g/mol. The lowest BCUT2D eigenvalue weighted by molar-refractivity contribution is -0.384. The van der Waals surface area contributed by atoms with Crippen molar-refractivity contribution in [3.8, 4) is 22.8 Å². The second-order valence-electron chi connectivity index (χ2n) is 8.87. The standard InChI is InChI=1S/C29H24ClN3O8S/c1-4-39-23-10-6-16(12-24(23)40-5-2)26-20(28(35)38-3)15-31-29-32(26)27(34)25(42-29)14-18-8-11-22(41-18)19-13-17(33(36)37)7-9-21(19)30/h6-15,26H,4-5H2,1-3H3/b25-14-/t26-/m1/s1. The second kappa shape index (κ2) is 12.0. The molecule has 216 valence electrons. The van der Waals surface area contributed by atoms with Crippen LogP contribution < -0.4 is 24.4 Å². The number of esters is 1. The third kappa shape index (κ3) is 5.46. The van der Waals surface area contributed by atoms with Crippen molar-refractivity contribution < 1.29 is 28.3 Å². The van der Waals surface area contributed by atoms with Gasteiger partial charge in [-0.2, -0.15) is 0 Å². The van der Waals surface area contributed by atoms with Crippen LogP contribution in [0.15, 0.2) is 74.5 Å². The predicted molar refractivity (Wildman–Crippen MR) is 156 cm³/mol. The zero-order valence-corrected chi connectivity index (χ0v) is 24.2. The Kier molecular flexibility index (Phi) is 8.27. The Bertz CT molecular complexity index is 1910. The number of rotatable bonds is 9. The summed E-state index contributed by atoms with van der Waals surface area (Å²) in [6.07, 6.45) is 2.94. The van der Waals surface area contributed by atoms with Crippen molar-refractivity contribution in [3.63, 3.8) is 0 Å². The van der Waals surface area contributed by atoms with E-state index in [4.69, 9.17) is 30.2 Å². The van der Waals surface area contributed by atoms with E-state index in [0.717, 1.165) is 11.3 Å². The van der Waals surface area contributed by atoms with Gasteiger partial charge in [-0.05, 0) is 49.7 Å². The molecule has 0 radical (unpaired) electrons. The molecule has 0 amide bonds. The summed E-state index contributed by atoms with van der Waals surface area (Å²) in [5, 5.41) is 11.5. The minimum Gasteiger partial charge on any atom is -0.490 e. The van der Waals surface area contributed by atoms with Crippen LogP contribution in [0.25, 0.3) is 17.4 Å². The second-order valence-corrected chi connectivity index (χ2v) is 10.3. The molecule has 1 atom stereocenters. The number of fused-ring (bicyclic) bond motifs is 1. The molecule has 0 bridgehead atoms. The fourth-order valence-electron chi connectivity index (χ4n) is 4.51. The number of halogens is 1. The van der Waals surface area contributed by atoms with Crippen LogP contribution in [-0.4, -0.2) is 35.8 Å². The quantitative estimate of drug-likeness (QED) is 0.152. The van der Waals surface area contributed by atoms with Gasteiger partial charge in [0.25, 0.3) is 11.2 Å². The molecule has 0 aliphatic carbocycles. The van der Waals surface area contributed by atoms with Crippen LogP contribution in [0.5, 0.6) is 11.5 Å². The first-order valence-corrected chi connectivity index (χ1v) is 14.0. The highest BCUT2D eigenvalue weighted by molar-refractivity contribution is 7.07. The van der Waals surface area contributed by atoms with Gasteiger partial charge in [-0.15, -0.1) is 0 Å². The normalized spacial score (nSPS) is 14.5. The van der Waals surface area contributed by atoms with Crippen LogP contribution in [0, 0.1) is 10.1 Å². The Balaban J connectivity index is 1.61. The van der Waals surface area contributed by atoms with Crippen molar-refractivity contribution >= 4 is 40.7 Å². The number of benzene rings is 2. The third-order valence-corrected chi connectivity index (χ3v) is 7.66. The van der Waals surface area contributed by atoms with E-state index in [1.165, 1.54) is 36.1 Å². The van der Waals surface area contributed by atoms with Gasteiger partial charge in [-0.3, -0.25) is 19.5 Å². The van der Waals surface area contributed by atoms with Gasteiger partial charge in [0.15, 0.2) is 16.3 Å². The van der Waals surface area contributed by atoms with Gasteiger partial charge in [0.2, 0.25) is 0 Å². The highest BCUT2D eigenvalue weighted by Crippen LogP contribution is 2.35. The number of nitrogens with zero attached hydrogens (tertiary/aromatic N) is 3.